The van der Waals surface area contributed by atoms with Crippen molar-refractivity contribution in [1.29, 1.82) is 0 Å². The van der Waals surface area contributed by atoms with Crippen molar-refractivity contribution in [3.63, 3.8) is 0 Å². The molecule has 0 atom stereocenters. The lowest BCUT2D eigenvalue weighted by atomic mass is 9.34. The molecular formula is C80H52B2N6O4. The summed E-state index contributed by atoms with van der Waals surface area (Å²) in [5.41, 5.74) is 18.3. The Kier molecular flexibility index (Phi) is 12.5. The Morgan fingerprint density at radius 1 is 0.217 bits per heavy atom. The zero-order chi connectivity index (χ0) is 60.6. The Morgan fingerprint density at radius 2 is 0.424 bits per heavy atom. The number of benzene rings is 12. The number of anilines is 12. The van der Waals surface area contributed by atoms with Gasteiger partial charge in [0.1, 0.15) is 34.0 Å². The van der Waals surface area contributed by atoms with E-state index in [1.165, 1.54) is 0 Å². The van der Waals surface area contributed by atoms with Crippen LogP contribution in [0, 0.1) is 0 Å². The molecule has 12 heteroatoms. The zero-order valence-electron chi connectivity index (χ0n) is 49.5. The highest BCUT2D eigenvalue weighted by Crippen LogP contribution is 2.48. The van der Waals surface area contributed by atoms with Crippen molar-refractivity contribution in [3.05, 3.63) is 315 Å². The van der Waals surface area contributed by atoms with E-state index in [1.807, 2.05) is 48.5 Å². The van der Waals surface area contributed by atoms with Gasteiger partial charge < -0.3 is 38.5 Å². The summed E-state index contributed by atoms with van der Waals surface area (Å²) in [5.74, 6) is 4.56. The van der Waals surface area contributed by atoms with E-state index in [1.54, 1.807) is 0 Å². The summed E-state index contributed by atoms with van der Waals surface area (Å²) in [6, 6.07) is 110. The van der Waals surface area contributed by atoms with Gasteiger partial charge in [-0.1, -0.05) is 146 Å². The van der Waals surface area contributed by atoms with E-state index in [9.17, 15) is 0 Å². The third kappa shape index (κ3) is 8.82. The molecule has 4 aliphatic heterocycles. The standard InChI is InChI=1S/C80H52B2N6O4/c1-9-25-53(26-10-1)85(54-27-11-2-12-28-54)61-41-45-69-65(49-61)81-67-51-63(87(57-33-17-5-18-34-57)58-35-19-6-20-36-58)43-47-71(67)91-79-73(81)77(89-69)75-76(83-79)78-74-80(84-75)92-72-48-44-64(88(59-37-21-7-22-38-59)60-39-23-8-24-40-60)52-68(72)82(74)66-50-62(42-46-70(66)90-78)86(55-29-13-3-14-30-55)56-31-15-4-16-32-56/h1-52H. The van der Waals surface area contributed by atoms with Gasteiger partial charge in [0.15, 0.2) is 11.5 Å². The van der Waals surface area contributed by atoms with E-state index < -0.39 is 13.4 Å². The highest BCUT2D eigenvalue weighted by atomic mass is 16.5. The molecular weight excluding hydrogens is 1130 g/mol. The third-order valence-corrected chi connectivity index (χ3v) is 17.8. The molecule has 0 amide bonds. The second-order valence-corrected chi connectivity index (χ2v) is 23.2. The molecule has 0 radical (unpaired) electrons. The second-order valence-electron chi connectivity index (χ2n) is 23.2. The third-order valence-electron chi connectivity index (χ3n) is 17.8. The van der Waals surface area contributed by atoms with Crippen molar-refractivity contribution in [3.8, 4) is 46.3 Å². The first-order valence-corrected chi connectivity index (χ1v) is 30.9. The van der Waals surface area contributed by atoms with Crippen molar-refractivity contribution in [2.45, 2.75) is 0 Å². The summed E-state index contributed by atoms with van der Waals surface area (Å²) < 4.78 is 29.3. The van der Waals surface area contributed by atoms with Crippen LogP contribution in [0.3, 0.4) is 0 Å². The molecule has 0 aliphatic carbocycles. The van der Waals surface area contributed by atoms with Gasteiger partial charge >= 0.3 is 0 Å². The van der Waals surface area contributed by atoms with Crippen LogP contribution in [-0.4, -0.2) is 23.4 Å². The Hall–Kier alpha value is -12.3. The van der Waals surface area contributed by atoms with Gasteiger partial charge in [-0.3, -0.25) is 0 Å². The predicted octanol–water partition coefficient (Wildman–Crippen LogP) is 17.0. The highest BCUT2D eigenvalue weighted by Gasteiger charge is 2.48. The van der Waals surface area contributed by atoms with Gasteiger partial charge in [-0.15, -0.1) is 0 Å². The topological polar surface area (TPSA) is 75.7 Å². The van der Waals surface area contributed by atoms with Gasteiger partial charge in [-0.25, -0.2) is 9.97 Å². The van der Waals surface area contributed by atoms with Crippen LogP contribution in [0.15, 0.2) is 315 Å². The van der Waals surface area contributed by atoms with Crippen molar-refractivity contribution in [2.24, 2.45) is 0 Å². The first kappa shape index (κ1) is 52.8. The largest absolute Gasteiger partial charge is 0.456 e. The highest BCUT2D eigenvalue weighted by molar-refractivity contribution is 6.99. The molecule has 432 valence electrons. The molecule has 4 aliphatic rings. The minimum Gasteiger partial charge on any atom is -0.456 e. The minimum absolute atomic E-state index is 0.404. The van der Waals surface area contributed by atoms with Crippen molar-refractivity contribution < 1.29 is 18.9 Å². The zero-order valence-corrected chi connectivity index (χ0v) is 49.5. The smallest absolute Gasteiger partial charge is 0.263 e. The molecule has 0 unspecified atom stereocenters. The fourth-order valence-corrected chi connectivity index (χ4v) is 13.8. The average Bonchev–Trinajstić information content (AvgIpc) is 0.697. The Balaban J connectivity index is 0.857. The van der Waals surface area contributed by atoms with E-state index in [0.29, 0.717) is 57.3 Å². The first-order chi connectivity index (χ1) is 45.6. The number of pyridine rings is 2. The van der Waals surface area contributed by atoms with Crippen LogP contribution in [0.5, 0.6) is 46.3 Å². The van der Waals surface area contributed by atoms with E-state index in [-0.39, 0.29) is 0 Å². The van der Waals surface area contributed by atoms with Crippen LogP contribution in [0.25, 0.3) is 11.0 Å². The number of para-hydroxylation sites is 8. The van der Waals surface area contributed by atoms with E-state index >= 15 is 0 Å². The van der Waals surface area contributed by atoms with Gasteiger partial charge in [0.25, 0.3) is 13.4 Å². The lowest BCUT2D eigenvalue weighted by molar-refractivity contribution is 0.443. The fraction of sp³-hybridized carbons (Fsp3) is 0. The molecule has 10 nitrogen and oxygen atoms in total. The molecule has 2 aromatic heterocycles. The van der Waals surface area contributed by atoms with Crippen LogP contribution in [0.1, 0.15) is 0 Å². The summed E-state index contributed by atoms with van der Waals surface area (Å²) in [6.45, 7) is -0.884. The van der Waals surface area contributed by atoms with Crippen LogP contribution >= 0.6 is 0 Å². The van der Waals surface area contributed by atoms with Crippen LogP contribution in [-0.2, 0) is 0 Å². The summed E-state index contributed by atoms with van der Waals surface area (Å²) in [7, 11) is 0. The normalized spacial score (nSPS) is 12.4. The van der Waals surface area contributed by atoms with Crippen LogP contribution in [0.2, 0.25) is 0 Å². The predicted molar refractivity (Wildman–Crippen MR) is 374 cm³/mol. The molecule has 14 aromatic rings. The molecule has 0 bridgehead atoms. The summed E-state index contributed by atoms with van der Waals surface area (Å²) in [6.07, 6.45) is 0. The number of hydrogen-bond acceptors (Lipinski definition) is 10. The minimum atomic E-state index is -0.442. The summed E-state index contributed by atoms with van der Waals surface area (Å²) >= 11 is 0. The molecule has 0 saturated heterocycles. The maximum atomic E-state index is 7.41. The van der Waals surface area contributed by atoms with Crippen molar-refractivity contribution in [2.75, 3.05) is 19.6 Å². The maximum absolute atomic E-state index is 7.41. The number of ether oxygens (including phenoxy) is 4. The van der Waals surface area contributed by atoms with Crippen LogP contribution < -0.4 is 71.3 Å². The molecule has 0 fully saturated rings. The second kappa shape index (κ2) is 21.8. The number of fused-ring (bicyclic) bond motifs is 11. The molecule has 0 spiro atoms. The average molecular weight is 1180 g/mol. The van der Waals surface area contributed by atoms with Gasteiger partial charge in [0.05, 0.1) is 0 Å². The fourth-order valence-electron chi connectivity index (χ4n) is 13.8. The van der Waals surface area contributed by atoms with Crippen LogP contribution in [0.4, 0.5) is 68.2 Å². The summed E-state index contributed by atoms with van der Waals surface area (Å²) in [4.78, 5) is 20.4. The Labute approximate surface area is 532 Å². The first-order valence-electron chi connectivity index (χ1n) is 30.9. The van der Waals surface area contributed by atoms with Gasteiger partial charge in [-0.05, 0) is 192 Å². The number of hydrogen-bond donors (Lipinski definition) is 0. The Bertz CT molecular complexity index is 4470. The van der Waals surface area contributed by atoms with E-state index in [4.69, 9.17) is 28.9 Å². The number of rotatable bonds is 12. The van der Waals surface area contributed by atoms with Crippen molar-refractivity contribution in [1.82, 2.24) is 9.97 Å². The monoisotopic (exact) mass is 1180 g/mol. The van der Waals surface area contributed by atoms with Gasteiger partial charge in [0, 0.05) is 79.2 Å². The van der Waals surface area contributed by atoms with Crippen molar-refractivity contribution >= 4 is 125 Å². The SMILES string of the molecule is c1ccc(N(c2ccccc2)c2ccc3c(c2)B2c4cc(N(c5ccccc5)c5ccccc5)ccc4Oc4c2c(nc2c5c6c(nc42)Oc2ccc(N(c4ccccc4)c4ccccc4)cc2B6c2cc(N(c4ccccc4)c4ccccc4)ccc2O5)O3)cc1. The lowest BCUT2D eigenvalue weighted by Gasteiger charge is -2.37. The molecule has 0 N–H and O–H groups in total. The molecule has 92 heavy (non-hydrogen) atoms. The van der Waals surface area contributed by atoms with Gasteiger partial charge in [-0.2, -0.15) is 0 Å². The maximum Gasteiger partial charge on any atom is 0.263 e. The quantitative estimate of drug-likeness (QED) is 0.110. The Morgan fingerprint density at radius 3 is 0.641 bits per heavy atom. The van der Waals surface area contributed by atoms with Gasteiger partial charge in [0.2, 0.25) is 11.8 Å². The molecule has 0 saturated carbocycles. The molecule has 18 rings (SSSR count). The molecule has 6 heterocycles. The molecule has 12 aromatic carbocycles. The van der Waals surface area contributed by atoms with E-state index in [0.717, 1.165) is 101 Å². The number of nitrogens with zero attached hydrogens (tertiary/aromatic N) is 6. The lowest BCUT2D eigenvalue weighted by Crippen LogP contribution is -2.58. The summed E-state index contributed by atoms with van der Waals surface area (Å²) in [5, 5.41) is 0. The van der Waals surface area contributed by atoms with E-state index in [2.05, 4.69) is 287 Å². The number of aromatic nitrogens is 2.